The van der Waals surface area contributed by atoms with Gasteiger partial charge in [0.25, 0.3) is 0 Å². The summed E-state index contributed by atoms with van der Waals surface area (Å²) in [6, 6.07) is 0. The molecule has 1 saturated heterocycles. The maximum atomic E-state index is 12.0. The molecule has 1 aliphatic heterocycles. The van der Waals surface area contributed by atoms with Crippen molar-refractivity contribution in [3.8, 4) is 0 Å². The molecule has 1 amide bonds. The number of likely N-dealkylation sites (tertiary alicyclic amines) is 1. The molecule has 0 radical (unpaired) electrons. The van der Waals surface area contributed by atoms with Crippen LogP contribution < -0.4 is 5.32 Å². The fraction of sp³-hybridized carbons (Fsp3) is 0.941. The summed E-state index contributed by atoms with van der Waals surface area (Å²) < 4.78 is 5.43. The van der Waals surface area contributed by atoms with Gasteiger partial charge in [0.05, 0.1) is 0 Å². The second-order valence-corrected chi connectivity index (χ2v) is 7.72. The van der Waals surface area contributed by atoms with Crippen LogP contribution in [0.1, 0.15) is 59.3 Å². The number of amides is 1. The Morgan fingerprint density at radius 3 is 2.57 bits per heavy atom. The molecule has 122 valence electrons. The SMILES string of the molecule is CC(C)(C)OC(=O)N1CCC(CCNCC2CCCC2)C1. The standard InChI is InChI=1S/C17H32N2O2/c1-17(2,3)21-16(20)19-11-9-15(13-19)8-10-18-12-14-6-4-5-7-14/h14-15,18H,4-13H2,1-3H3. The first-order valence-corrected chi connectivity index (χ1v) is 8.63. The van der Waals surface area contributed by atoms with Crippen molar-refractivity contribution in [2.24, 2.45) is 11.8 Å². The predicted molar refractivity (Wildman–Crippen MR) is 85.4 cm³/mol. The summed E-state index contributed by atoms with van der Waals surface area (Å²) in [5.74, 6) is 1.54. The monoisotopic (exact) mass is 296 g/mol. The Bertz CT molecular complexity index is 332. The first kappa shape index (κ1) is 16.6. The predicted octanol–water partition coefficient (Wildman–Crippen LogP) is 3.41. The van der Waals surface area contributed by atoms with E-state index in [4.69, 9.17) is 4.74 Å². The molecule has 1 atom stereocenters. The molecule has 2 aliphatic rings. The van der Waals surface area contributed by atoms with Gasteiger partial charge in [-0.05, 0) is 71.4 Å². The van der Waals surface area contributed by atoms with E-state index in [-0.39, 0.29) is 6.09 Å². The number of ether oxygens (including phenoxy) is 1. The van der Waals surface area contributed by atoms with Gasteiger partial charge in [0.2, 0.25) is 0 Å². The van der Waals surface area contributed by atoms with Crippen LogP contribution in [0.3, 0.4) is 0 Å². The van der Waals surface area contributed by atoms with Crippen LogP contribution >= 0.6 is 0 Å². The molecule has 1 heterocycles. The first-order valence-electron chi connectivity index (χ1n) is 8.63. The minimum Gasteiger partial charge on any atom is -0.444 e. The van der Waals surface area contributed by atoms with Crippen LogP contribution in [0.15, 0.2) is 0 Å². The van der Waals surface area contributed by atoms with Gasteiger partial charge in [0, 0.05) is 13.1 Å². The normalized spacial score (nSPS) is 23.8. The zero-order valence-electron chi connectivity index (χ0n) is 14.0. The van der Waals surface area contributed by atoms with Crippen LogP contribution in [0.25, 0.3) is 0 Å². The largest absolute Gasteiger partial charge is 0.444 e. The number of nitrogens with zero attached hydrogens (tertiary/aromatic N) is 1. The lowest BCUT2D eigenvalue weighted by atomic mass is 10.0. The highest BCUT2D eigenvalue weighted by atomic mass is 16.6. The number of carbonyl (C=O) groups excluding carboxylic acids is 1. The van der Waals surface area contributed by atoms with Crippen molar-refractivity contribution in [3.63, 3.8) is 0 Å². The molecule has 1 saturated carbocycles. The van der Waals surface area contributed by atoms with Crippen LogP contribution in [0.4, 0.5) is 4.79 Å². The fourth-order valence-electron chi connectivity index (χ4n) is 3.39. The third kappa shape index (κ3) is 5.85. The van der Waals surface area contributed by atoms with Crippen molar-refractivity contribution >= 4 is 6.09 Å². The summed E-state index contributed by atoms with van der Waals surface area (Å²) in [4.78, 5) is 13.9. The van der Waals surface area contributed by atoms with Gasteiger partial charge >= 0.3 is 6.09 Å². The highest BCUT2D eigenvalue weighted by Gasteiger charge is 2.29. The van der Waals surface area contributed by atoms with E-state index in [1.165, 1.54) is 38.6 Å². The number of hydrogen-bond acceptors (Lipinski definition) is 3. The molecule has 4 heteroatoms. The summed E-state index contributed by atoms with van der Waals surface area (Å²) in [6.45, 7) is 9.75. The van der Waals surface area contributed by atoms with E-state index in [1.54, 1.807) is 0 Å². The molecule has 0 aromatic heterocycles. The summed E-state index contributed by atoms with van der Waals surface area (Å²) in [5, 5.41) is 3.60. The first-order chi connectivity index (χ1) is 9.94. The highest BCUT2D eigenvalue weighted by Crippen LogP contribution is 2.24. The highest BCUT2D eigenvalue weighted by molar-refractivity contribution is 5.68. The van der Waals surface area contributed by atoms with Crippen LogP contribution in [0, 0.1) is 11.8 Å². The van der Waals surface area contributed by atoms with Crippen molar-refractivity contribution in [2.45, 2.75) is 64.9 Å². The third-order valence-electron chi connectivity index (χ3n) is 4.57. The Labute approximate surface area is 129 Å². The maximum Gasteiger partial charge on any atom is 0.410 e. The van der Waals surface area contributed by atoms with Crippen LogP contribution in [-0.2, 0) is 4.74 Å². The lowest BCUT2D eigenvalue weighted by Gasteiger charge is -2.24. The molecule has 21 heavy (non-hydrogen) atoms. The maximum absolute atomic E-state index is 12.0. The topological polar surface area (TPSA) is 41.6 Å². The molecule has 0 spiro atoms. The van der Waals surface area contributed by atoms with Gasteiger partial charge in [-0.3, -0.25) is 0 Å². The number of carbonyl (C=O) groups is 1. The molecule has 1 aliphatic carbocycles. The van der Waals surface area contributed by atoms with E-state index in [0.717, 1.165) is 32.0 Å². The minimum absolute atomic E-state index is 0.149. The number of hydrogen-bond donors (Lipinski definition) is 1. The Kier molecular flexibility index (Phi) is 5.91. The van der Waals surface area contributed by atoms with Gasteiger partial charge in [-0.2, -0.15) is 0 Å². The molecular formula is C17H32N2O2. The molecule has 0 aromatic carbocycles. The van der Waals surface area contributed by atoms with Crippen molar-refractivity contribution in [3.05, 3.63) is 0 Å². The van der Waals surface area contributed by atoms with Crippen molar-refractivity contribution in [1.82, 2.24) is 10.2 Å². The molecule has 1 N–H and O–H groups in total. The average molecular weight is 296 g/mol. The summed E-state index contributed by atoms with van der Waals surface area (Å²) >= 11 is 0. The van der Waals surface area contributed by atoms with E-state index >= 15 is 0 Å². The van der Waals surface area contributed by atoms with Gasteiger partial charge in [-0.15, -0.1) is 0 Å². The van der Waals surface area contributed by atoms with Crippen molar-refractivity contribution in [2.75, 3.05) is 26.2 Å². The summed E-state index contributed by atoms with van der Waals surface area (Å²) in [6.07, 6.45) is 7.78. The van der Waals surface area contributed by atoms with E-state index in [9.17, 15) is 4.79 Å². The van der Waals surface area contributed by atoms with Crippen LogP contribution in [0.2, 0.25) is 0 Å². The Hall–Kier alpha value is -0.770. The van der Waals surface area contributed by atoms with Crippen LogP contribution in [-0.4, -0.2) is 42.8 Å². The quantitative estimate of drug-likeness (QED) is 0.790. The van der Waals surface area contributed by atoms with Gasteiger partial charge < -0.3 is 15.0 Å². The Balaban J connectivity index is 1.58. The van der Waals surface area contributed by atoms with E-state index < -0.39 is 5.60 Å². The van der Waals surface area contributed by atoms with Gasteiger partial charge in [-0.25, -0.2) is 4.79 Å². The van der Waals surface area contributed by atoms with Gasteiger partial charge in [0.1, 0.15) is 5.60 Å². The Morgan fingerprint density at radius 1 is 1.19 bits per heavy atom. The number of nitrogens with one attached hydrogen (secondary N) is 1. The molecule has 4 nitrogen and oxygen atoms in total. The third-order valence-corrected chi connectivity index (χ3v) is 4.57. The van der Waals surface area contributed by atoms with Gasteiger partial charge in [0.15, 0.2) is 0 Å². The second-order valence-electron chi connectivity index (χ2n) is 7.72. The lowest BCUT2D eigenvalue weighted by Crippen LogP contribution is -2.35. The van der Waals surface area contributed by atoms with Crippen LogP contribution in [0.5, 0.6) is 0 Å². The summed E-state index contributed by atoms with van der Waals surface area (Å²) in [7, 11) is 0. The lowest BCUT2D eigenvalue weighted by molar-refractivity contribution is 0.0287. The molecule has 1 unspecified atom stereocenters. The average Bonchev–Trinajstić information content (AvgIpc) is 3.04. The van der Waals surface area contributed by atoms with Gasteiger partial charge in [-0.1, -0.05) is 12.8 Å². The fourth-order valence-corrected chi connectivity index (χ4v) is 3.39. The number of rotatable bonds is 5. The Morgan fingerprint density at radius 2 is 1.90 bits per heavy atom. The smallest absolute Gasteiger partial charge is 0.410 e. The van der Waals surface area contributed by atoms with Crippen molar-refractivity contribution < 1.29 is 9.53 Å². The molecular weight excluding hydrogens is 264 g/mol. The van der Waals surface area contributed by atoms with E-state index in [1.807, 2.05) is 25.7 Å². The van der Waals surface area contributed by atoms with E-state index in [2.05, 4.69) is 5.32 Å². The zero-order valence-corrected chi connectivity index (χ0v) is 14.0. The molecule has 2 fully saturated rings. The second kappa shape index (κ2) is 7.48. The molecule has 2 rings (SSSR count). The zero-order chi connectivity index (χ0) is 15.3. The van der Waals surface area contributed by atoms with E-state index in [0.29, 0.717) is 5.92 Å². The minimum atomic E-state index is -0.391. The summed E-state index contributed by atoms with van der Waals surface area (Å²) in [5.41, 5.74) is -0.391. The molecule has 0 aromatic rings. The molecule has 0 bridgehead atoms. The van der Waals surface area contributed by atoms with Crippen molar-refractivity contribution in [1.29, 1.82) is 0 Å².